The lowest BCUT2D eigenvalue weighted by Gasteiger charge is -2.46. The molecule has 288 valence electrons. The second-order valence-corrected chi connectivity index (χ2v) is 15.0. The molecule has 2 N–H and O–H groups in total. The maximum atomic E-state index is 14.2. The number of anilines is 1. The molecule has 1 fully saturated rings. The van der Waals surface area contributed by atoms with E-state index in [1.807, 2.05) is 54.6 Å². The number of esters is 1. The topological polar surface area (TPSA) is 131 Å². The predicted molar refractivity (Wildman–Crippen MR) is 222 cm³/mol. The first kappa shape index (κ1) is 38.8. The molecule has 2 atom stereocenters. The SMILES string of the molecule is C=C/C=C/C1=C(C(=O)OCc2ccc(OC)cc2)N2C(=O)C[C@@H]2SC1NC(=O)/C(=N\OC)c1csc(NC(c2ccccc2)(c2ccccc2)c2ccccc2)n1. The Labute approximate surface area is 338 Å². The molecular weight excluding hydrogens is 759 g/mol. The number of oxime groups is 1. The highest BCUT2D eigenvalue weighted by Gasteiger charge is 2.49. The Kier molecular flexibility index (Phi) is 12.0. The van der Waals surface area contributed by atoms with Gasteiger partial charge in [0.2, 0.25) is 5.91 Å². The minimum absolute atomic E-state index is 0.0351. The summed E-state index contributed by atoms with van der Waals surface area (Å²) in [5.41, 5.74) is 3.49. The highest BCUT2D eigenvalue weighted by molar-refractivity contribution is 8.00. The molecule has 0 bridgehead atoms. The van der Waals surface area contributed by atoms with Crippen LogP contribution in [0.4, 0.5) is 5.13 Å². The summed E-state index contributed by atoms with van der Waals surface area (Å²) in [6.07, 6.45) is 5.02. The van der Waals surface area contributed by atoms with Crippen LogP contribution in [0.1, 0.15) is 34.4 Å². The van der Waals surface area contributed by atoms with Gasteiger partial charge in [-0.05, 0) is 34.4 Å². The van der Waals surface area contributed by atoms with Crippen LogP contribution in [0.2, 0.25) is 0 Å². The Morgan fingerprint density at radius 1 is 0.930 bits per heavy atom. The van der Waals surface area contributed by atoms with Gasteiger partial charge in [0.1, 0.15) is 41.8 Å². The summed E-state index contributed by atoms with van der Waals surface area (Å²) < 4.78 is 11.0. The van der Waals surface area contributed by atoms with E-state index < -0.39 is 28.2 Å². The summed E-state index contributed by atoms with van der Waals surface area (Å²) in [6.45, 7) is 3.74. The highest BCUT2D eigenvalue weighted by Crippen LogP contribution is 2.44. The number of hydrogen-bond acceptors (Lipinski definition) is 11. The molecule has 0 spiro atoms. The molecule has 11 nitrogen and oxygen atoms in total. The first-order valence-electron chi connectivity index (χ1n) is 18.0. The Morgan fingerprint density at radius 2 is 1.54 bits per heavy atom. The van der Waals surface area contributed by atoms with Crippen LogP contribution in [-0.4, -0.2) is 58.3 Å². The van der Waals surface area contributed by atoms with E-state index in [9.17, 15) is 14.4 Å². The maximum absolute atomic E-state index is 14.2. The minimum atomic E-state index is -0.847. The number of hydrogen-bond donors (Lipinski definition) is 2. The summed E-state index contributed by atoms with van der Waals surface area (Å²) in [5, 5.41) is 12.0. The zero-order chi connectivity index (χ0) is 39.8. The number of aromatic nitrogens is 1. The third-order valence-corrected chi connectivity index (χ3v) is 11.5. The molecule has 0 radical (unpaired) electrons. The molecule has 2 amide bonds. The van der Waals surface area contributed by atoms with Crippen LogP contribution in [-0.2, 0) is 36.1 Å². The number of rotatable bonds is 15. The molecule has 57 heavy (non-hydrogen) atoms. The first-order valence-corrected chi connectivity index (χ1v) is 19.8. The molecule has 4 aromatic carbocycles. The van der Waals surface area contributed by atoms with E-state index in [0.29, 0.717) is 16.5 Å². The second-order valence-electron chi connectivity index (χ2n) is 12.9. The van der Waals surface area contributed by atoms with Crippen molar-refractivity contribution < 1.29 is 28.7 Å². The lowest BCUT2D eigenvalue weighted by Crippen LogP contribution is -2.57. The molecule has 0 saturated carbocycles. The van der Waals surface area contributed by atoms with E-state index in [-0.39, 0.29) is 36.0 Å². The Balaban J connectivity index is 1.19. The number of methoxy groups -OCH3 is 1. The molecule has 3 heterocycles. The van der Waals surface area contributed by atoms with Crippen molar-refractivity contribution in [2.45, 2.75) is 29.3 Å². The number of benzene rings is 4. The fourth-order valence-corrected chi connectivity index (χ4v) is 8.89. The number of nitrogens with zero attached hydrogens (tertiary/aromatic N) is 3. The maximum Gasteiger partial charge on any atom is 0.355 e. The molecule has 2 aliphatic heterocycles. The zero-order valence-electron chi connectivity index (χ0n) is 31.2. The number of β-lactam (4-membered cyclic amide) rings is 1. The number of thiazole rings is 1. The molecular formula is C44H39N5O6S2. The zero-order valence-corrected chi connectivity index (χ0v) is 32.8. The first-order chi connectivity index (χ1) is 27.9. The third-order valence-electron chi connectivity index (χ3n) is 9.45. The molecule has 2 aliphatic rings. The van der Waals surface area contributed by atoms with E-state index in [4.69, 9.17) is 19.3 Å². The van der Waals surface area contributed by atoms with Gasteiger partial charge in [0.15, 0.2) is 10.8 Å². The highest BCUT2D eigenvalue weighted by atomic mass is 32.2. The van der Waals surface area contributed by atoms with Crippen molar-refractivity contribution in [3.63, 3.8) is 0 Å². The number of nitrogens with one attached hydrogen (secondary N) is 2. The average molecular weight is 798 g/mol. The molecule has 7 rings (SSSR count). The van der Waals surface area contributed by atoms with Crippen LogP contribution in [0.3, 0.4) is 0 Å². The van der Waals surface area contributed by atoms with Crippen LogP contribution in [0.15, 0.2) is 162 Å². The largest absolute Gasteiger partial charge is 0.497 e. The van der Waals surface area contributed by atoms with E-state index in [0.717, 1.165) is 22.3 Å². The Bertz CT molecular complexity index is 2230. The van der Waals surface area contributed by atoms with Crippen molar-refractivity contribution in [3.8, 4) is 5.75 Å². The predicted octanol–water partition coefficient (Wildman–Crippen LogP) is 7.39. The van der Waals surface area contributed by atoms with Crippen LogP contribution in [0.25, 0.3) is 0 Å². The summed E-state index contributed by atoms with van der Waals surface area (Å²) in [7, 11) is 2.92. The van der Waals surface area contributed by atoms with Gasteiger partial charge in [-0.25, -0.2) is 9.78 Å². The van der Waals surface area contributed by atoms with Crippen LogP contribution in [0.5, 0.6) is 5.75 Å². The third kappa shape index (κ3) is 8.11. The Hall–Kier alpha value is -6.44. The van der Waals surface area contributed by atoms with Crippen molar-refractivity contribution in [1.29, 1.82) is 0 Å². The minimum Gasteiger partial charge on any atom is -0.497 e. The molecule has 1 saturated heterocycles. The van der Waals surface area contributed by atoms with Gasteiger partial charge in [-0.2, -0.15) is 0 Å². The molecule has 1 aromatic heterocycles. The lowest BCUT2D eigenvalue weighted by atomic mass is 9.77. The van der Waals surface area contributed by atoms with Crippen LogP contribution < -0.4 is 15.4 Å². The Morgan fingerprint density at radius 3 is 2.09 bits per heavy atom. The van der Waals surface area contributed by atoms with Crippen molar-refractivity contribution in [3.05, 3.63) is 185 Å². The standard InChI is InChI=1S/C44H39N5O6S2/c1-4-5-21-34-39(42(52)55-27-29-22-24-33(53-2)25-23-29)49-36(50)26-37(49)57-41(34)46-40(51)38(48-54-3)35-28-56-43(45-35)47-44(30-15-9-6-10-16-30,31-17-11-7-12-18-31)32-19-13-8-14-20-32/h4-25,28,37,41H,1,26-27H2,2-3H3,(H,45,47)(H,46,51)/b21-5+,48-38-/t37-,41?/m0/s1. The summed E-state index contributed by atoms with van der Waals surface area (Å²) >= 11 is 2.65. The summed E-state index contributed by atoms with van der Waals surface area (Å²) in [4.78, 5) is 52.4. The number of carbonyl (C=O) groups excluding carboxylic acids is 3. The summed E-state index contributed by atoms with van der Waals surface area (Å²) in [5.74, 6) is -0.851. The average Bonchev–Trinajstić information content (AvgIpc) is 3.71. The van der Waals surface area contributed by atoms with Gasteiger partial charge in [0, 0.05) is 11.0 Å². The summed E-state index contributed by atoms with van der Waals surface area (Å²) in [6, 6.07) is 37.5. The number of fused-ring (bicyclic) bond motifs is 1. The van der Waals surface area contributed by atoms with Gasteiger partial charge in [-0.1, -0.05) is 133 Å². The molecule has 5 aromatic rings. The van der Waals surface area contributed by atoms with Crippen molar-refractivity contribution >= 4 is 51.7 Å². The van der Waals surface area contributed by atoms with Gasteiger partial charge in [0.25, 0.3) is 5.91 Å². The molecule has 13 heteroatoms. The van der Waals surface area contributed by atoms with E-state index in [1.165, 1.54) is 35.1 Å². The van der Waals surface area contributed by atoms with E-state index in [2.05, 4.69) is 58.8 Å². The van der Waals surface area contributed by atoms with Gasteiger partial charge in [0.05, 0.1) is 18.9 Å². The van der Waals surface area contributed by atoms with E-state index in [1.54, 1.807) is 55.0 Å². The van der Waals surface area contributed by atoms with Crippen LogP contribution >= 0.6 is 23.1 Å². The second kappa shape index (κ2) is 17.6. The van der Waals surface area contributed by atoms with Gasteiger partial charge in [-0.3, -0.25) is 14.5 Å². The number of allylic oxidation sites excluding steroid dienone is 2. The molecule has 0 aliphatic carbocycles. The monoisotopic (exact) mass is 797 g/mol. The van der Waals surface area contributed by atoms with Gasteiger partial charge in [-0.15, -0.1) is 23.1 Å². The number of ether oxygens (including phenoxy) is 2. The molecule has 1 unspecified atom stereocenters. The van der Waals surface area contributed by atoms with Gasteiger partial charge >= 0.3 is 5.97 Å². The van der Waals surface area contributed by atoms with Crippen molar-refractivity contribution in [2.24, 2.45) is 5.16 Å². The van der Waals surface area contributed by atoms with E-state index >= 15 is 0 Å². The fourth-order valence-electron chi connectivity index (χ4n) is 6.73. The number of carbonyl (C=O) groups is 3. The number of thioether (sulfide) groups is 1. The quantitative estimate of drug-likeness (QED) is 0.0278. The van der Waals surface area contributed by atoms with Crippen molar-refractivity contribution in [2.75, 3.05) is 19.5 Å². The van der Waals surface area contributed by atoms with Gasteiger partial charge < -0.3 is 24.9 Å². The van der Waals surface area contributed by atoms with Crippen molar-refractivity contribution in [1.82, 2.24) is 15.2 Å². The normalized spacial score (nSPS) is 16.7. The number of amides is 2. The fraction of sp³-hybridized carbons (Fsp3) is 0.159. The van der Waals surface area contributed by atoms with Crippen LogP contribution in [0, 0.1) is 0 Å². The lowest BCUT2D eigenvalue weighted by molar-refractivity contribution is -0.150. The smallest absolute Gasteiger partial charge is 0.355 e.